The van der Waals surface area contributed by atoms with Crippen LogP contribution in [0.25, 0.3) is 0 Å². The number of aliphatic carboxylic acids is 1. The van der Waals surface area contributed by atoms with Gasteiger partial charge in [-0.15, -0.1) is 0 Å². The number of carbonyl (C=O) groups excluding carboxylic acids is 1. The van der Waals surface area contributed by atoms with Crippen LogP contribution >= 0.6 is 11.6 Å². The van der Waals surface area contributed by atoms with Crippen molar-refractivity contribution in [3.05, 3.63) is 28.8 Å². The van der Waals surface area contributed by atoms with E-state index < -0.39 is 11.4 Å². The van der Waals surface area contributed by atoms with Gasteiger partial charge in [-0.1, -0.05) is 11.6 Å². The van der Waals surface area contributed by atoms with E-state index in [0.717, 1.165) is 0 Å². The number of nitrogens with zero attached hydrogens (tertiary/aromatic N) is 1. The maximum absolute atomic E-state index is 12.4. The van der Waals surface area contributed by atoms with Crippen LogP contribution in [0.2, 0.25) is 5.02 Å². The molecule has 1 aliphatic heterocycles. The standard InChI is InChI=1S/C14H16ClNO4/c1-14(13(19)20)5-2-6-16(8-14)12(18)10-4-3-9(15)7-11(10)17/h3-4,7,17H,2,5-6,8H2,1H3,(H,19,20). The van der Waals surface area contributed by atoms with E-state index in [1.807, 2.05) is 0 Å². The summed E-state index contributed by atoms with van der Waals surface area (Å²) in [7, 11) is 0. The molecule has 1 saturated heterocycles. The summed E-state index contributed by atoms with van der Waals surface area (Å²) in [6.45, 7) is 2.27. The van der Waals surface area contributed by atoms with E-state index in [1.54, 1.807) is 6.92 Å². The number of piperidine rings is 1. The van der Waals surface area contributed by atoms with Gasteiger partial charge in [0.1, 0.15) is 5.75 Å². The van der Waals surface area contributed by atoms with Gasteiger partial charge < -0.3 is 15.1 Å². The summed E-state index contributed by atoms with van der Waals surface area (Å²) in [5.74, 6) is -1.47. The highest BCUT2D eigenvalue weighted by molar-refractivity contribution is 6.30. The third kappa shape index (κ3) is 2.72. The molecule has 1 amide bonds. The fraction of sp³-hybridized carbons (Fsp3) is 0.429. The van der Waals surface area contributed by atoms with Gasteiger partial charge in [-0.3, -0.25) is 9.59 Å². The van der Waals surface area contributed by atoms with Crippen molar-refractivity contribution in [1.82, 2.24) is 4.90 Å². The molecule has 1 heterocycles. The van der Waals surface area contributed by atoms with E-state index in [2.05, 4.69) is 0 Å². The Morgan fingerprint density at radius 3 is 2.70 bits per heavy atom. The summed E-state index contributed by atoms with van der Waals surface area (Å²) in [6.07, 6.45) is 1.17. The van der Waals surface area contributed by atoms with E-state index in [-0.39, 0.29) is 23.8 Å². The first kappa shape index (κ1) is 14.7. The van der Waals surface area contributed by atoms with Gasteiger partial charge in [0.15, 0.2) is 0 Å². The zero-order valence-corrected chi connectivity index (χ0v) is 11.9. The number of rotatable bonds is 2. The molecule has 0 bridgehead atoms. The first-order chi connectivity index (χ1) is 9.33. The Labute approximate surface area is 121 Å². The van der Waals surface area contributed by atoms with Crippen molar-refractivity contribution >= 4 is 23.5 Å². The number of likely N-dealkylation sites (tertiary alicyclic amines) is 1. The Balaban J connectivity index is 2.23. The van der Waals surface area contributed by atoms with Gasteiger partial charge in [0.05, 0.1) is 11.0 Å². The van der Waals surface area contributed by atoms with Gasteiger partial charge in [0, 0.05) is 18.1 Å². The number of hydrogen-bond donors (Lipinski definition) is 2. The fourth-order valence-corrected chi connectivity index (χ4v) is 2.61. The summed E-state index contributed by atoms with van der Waals surface area (Å²) >= 11 is 5.73. The molecule has 0 radical (unpaired) electrons. The second-order valence-electron chi connectivity index (χ2n) is 5.36. The lowest BCUT2D eigenvalue weighted by atomic mass is 9.82. The Hall–Kier alpha value is -1.75. The highest BCUT2D eigenvalue weighted by atomic mass is 35.5. The van der Waals surface area contributed by atoms with Gasteiger partial charge in [0.2, 0.25) is 0 Å². The molecular weight excluding hydrogens is 282 g/mol. The number of carbonyl (C=O) groups is 2. The minimum Gasteiger partial charge on any atom is -0.507 e. The third-order valence-electron chi connectivity index (χ3n) is 3.69. The van der Waals surface area contributed by atoms with Gasteiger partial charge in [-0.25, -0.2) is 0 Å². The number of phenols is 1. The summed E-state index contributed by atoms with van der Waals surface area (Å²) in [5, 5.41) is 19.4. The molecule has 2 N–H and O–H groups in total. The van der Waals surface area contributed by atoms with E-state index >= 15 is 0 Å². The lowest BCUT2D eigenvalue weighted by Gasteiger charge is -2.37. The van der Waals surface area contributed by atoms with Crippen LogP contribution < -0.4 is 0 Å². The molecule has 0 spiro atoms. The molecule has 1 atom stereocenters. The quantitative estimate of drug-likeness (QED) is 0.878. The smallest absolute Gasteiger partial charge is 0.311 e. The van der Waals surface area contributed by atoms with Crippen molar-refractivity contribution in [2.24, 2.45) is 5.41 Å². The highest BCUT2D eigenvalue weighted by Gasteiger charge is 2.39. The lowest BCUT2D eigenvalue weighted by Crippen LogP contribution is -2.48. The Morgan fingerprint density at radius 2 is 2.10 bits per heavy atom. The number of hydrogen-bond acceptors (Lipinski definition) is 3. The zero-order valence-electron chi connectivity index (χ0n) is 11.1. The number of benzene rings is 1. The first-order valence-electron chi connectivity index (χ1n) is 6.35. The third-order valence-corrected chi connectivity index (χ3v) is 3.93. The molecule has 108 valence electrons. The SMILES string of the molecule is CC1(C(=O)O)CCCN(C(=O)c2ccc(Cl)cc2O)C1. The molecule has 1 aliphatic rings. The van der Waals surface area contributed by atoms with E-state index in [1.165, 1.54) is 23.1 Å². The number of halogens is 1. The van der Waals surface area contributed by atoms with Crippen molar-refractivity contribution < 1.29 is 19.8 Å². The number of phenolic OH excluding ortho intramolecular Hbond substituents is 1. The second kappa shape index (κ2) is 5.32. The molecule has 0 aromatic heterocycles. The Kier molecular flexibility index (Phi) is 3.90. The zero-order chi connectivity index (χ0) is 14.9. The van der Waals surface area contributed by atoms with Crippen LogP contribution in [0.5, 0.6) is 5.75 Å². The van der Waals surface area contributed by atoms with Crippen LogP contribution in [0.15, 0.2) is 18.2 Å². The van der Waals surface area contributed by atoms with Gasteiger partial charge in [-0.2, -0.15) is 0 Å². The summed E-state index contributed by atoms with van der Waals surface area (Å²) in [4.78, 5) is 25.1. The van der Waals surface area contributed by atoms with E-state index in [4.69, 9.17) is 11.6 Å². The summed E-state index contributed by atoms with van der Waals surface area (Å²) in [5.41, 5.74) is -0.792. The monoisotopic (exact) mass is 297 g/mol. The first-order valence-corrected chi connectivity index (χ1v) is 6.72. The van der Waals surface area contributed by atoms with Crippen LogP contribution in [-0.4, -0.2) is 40.1 Å². The minimum absolute atomic E-state index is 0.142. The van der Waals surface area contributed by atoms with Gasteiger partial charge in [-0.05, 0) is 38.0 Å². The summed E-state index contributed by atoms with van der Waals surface area (Å²) in [6, 6.07) is 4.27. The molecule has 1 aromatic rings. The fourth-order valence-electron chi connectivity index (χ4n) is 2.44. The maximum Gasteiger partial charge on any atom is 0.311 e. The molecule has 1 fully saturated rings. The molecule has 1 aromatic carbocycles. The van der Waals surface area contributed by atoms with Crippen molar-refractivity contribution in [2.75, 3.05) is 13.1 Å². The number of aromatic hydroxyl groups is 1. The molecule has 20 heavy (non-hydrogen) atoms. The second-order valence-corrected chi connectivity index (χ2v) is 5.79. The Bertz CT molecular complexity index is 560. The number of carboxylic acid groups (broad SMARTS) is 1. The maximum atomic E-state index is 12.4. The lowest BCUT2D eigenvalue weighted by molar-refractivity contribution is -0.150. The van der Waals surface area contributed by atoms with Crippen LogP contribution in [0.4, 0.5) is 0 Å². The number of amides is 1. The average Bonchev–Trinajstić information content (AvgIpc) is 2.38. The topological polar surface area (TPSA) is 77.8 Å². The van der Waals surface area contributed by atoms with Crippen molar-refractivity contribution in [3.63, 3.8) is 0 Å². The van der Waals surface area contributed by atoms with E-state index in [9.17, 15) is 19.8 Å². The van der Waals surface area contributed by atoms with Crippen LogP contribution in [-0.2, 0) is 4.79 Å². The molecule has 0 saturated carbocycles. The van der Waals surface area contributed by atoms with Gasteiger partial charge >= 0.3 is 5.97 Å². The minimum atomic E-state index is -0.935. The van der Waals surface area contributed by atoms with Crippen molar-refractivity contribution in [3.8, 4) is 5.75 Å². The normalized spacial score (nSPS) is 22.6. The van der Waals surface area contributed by atoms with Crippen LogP contribution in [0, 0.1) is 5.41 Å². The Morgan fingerprint density at radius 1 is 1.40 bits per heavy atom. The largest absolute Gasteiger partial charge is 0.507 e. The summed E-state index contributed by atoms with van der Waals surface area (Å²) < 4.78 is 0. The molecule has 2 rings (SSSR count). The van der Waals surface area contributed by atoms with Crippen molar-refractivity contribution in [1.29, 1.82) is 0 Å². The molecule has 1 unspecified atom stereocenters. The van der Waals surface area contributed by atoms with Crippen molar-refractivity contribution in [2.45, 2.75) is 19.8 Å². The predicted octanol–water partition coefficient (Wildman–Crippen LogP) is 2.37. The van der Waals surface area contributed by atoms with Crippen LogP contribution in [0.1, 0.15) is 30.1 Å². The van der Waals surface area contributed by atoms with Gasteiger partial charge in [0.25, 0.3) is 5.91 Å². The van der Waals surface area contributed by atoms with E-state index in [0.29, 0.717) is 24.4 Å². The molecular formula is C14H16ClNO4. The molecule has 6 heteroatoms. The molecule has 0 aliphatic carbocycles. The number of carboxylic acids is 1. The van der Waals surface area contributed by atoms with Crippen LogP contribution in [0.3, 0.4) is 0 Å². The highest BCUT2D eigenvalue weighted by Crippen LogP contribution is 2.32. The molecule has 5 nitrogen and oxygen atoms in total. The predicted molar refractivity (Wildman–Crippen MR) is 74.0 cm³/mol. The average molecular weight is 298 g/mol.